The predicted octanol–water partition coefficient (Wildman–Crippen LogP) is -0.123. The Morgan fingerprint density at radius 1 is 0.187 bits per heavy atom. The maximum Gasteiger partial charge on any atom is 0.214 e. The molecule has 0 saturated carbocycles. The van der Waals surface area contributed by atoms with E-state index in [0.717, 1.165) is 0 Å². The van der Waals surface area contributed by atoms with E-state index in [1.165, 1.54) is 0 Å². The van der Waals surface area contributed by atoms with Gasteiger partial charge in [0, 0.05) is 6.54 Å². The summed E-state index contributed by atoms with van der Waals surface area (Å²) in [5.41, 5.74) is 11.9. The Balaban J connectivity index is 3.08. The fourth-order valence-corrected chi connectivity index (χ4v) is 5.18. The smallest absolute Gasteiger partial charge is 0.214 e. The molecule has 0 saturated heterocycles. The molecular weight excluding hydrogens is 1000 g/mol. The third-order valence-corrected chi connectivity index (χ3v) is 8.85. The van der Waals surface area contributed by atoms with E-state index in [-0.39, 0.29) is 0 Å². The second kappa shape index (κ2) is 72.3. The molecule has 0 bridgehead atoms. The van der Waals surface area contributed by atoms with Crippen LogP contribution in [-0.2, 0) is 109 Å². The quantitative estimate of drug-likeness (QED) is 0.0456. The van der Waals surface area contributed by atoms with Crippen LogP contribution in [0.15, 0.2) is 5.11 Å². The van der Waals surface area contributed by atoms with Gasteiger partial charge in [-0.15, -0.1) is 0 Å². The maximum atomic E-state index is 6.53. The van der Waals surface area contributed by atoms with Crippen LogP contribution < -0.4 is 10.6 Å². The molecule has 448 valence electrons. The topological polar surface area (TPSA) is 289 Å². The summed E-state index contributed by atoms with van der Waals surface area (Å²) in [5, 5.41) is 3.49. The zero-order chi connectivity index (χ0) is 53.6. The van der Waals surface area contributed by atoms with Gasteiger partial charge in [0.05, 0.1) is 304 Å². The lowest BCUT2D eigenvalue weighted by Crippen LogP contribution is -2.16. The van der Waals surface area contributed by atoms with Crippen molar-refractivity contribution in [2.75, 3.05) is 317 Å². The van der Waals surface area contributed by atoms with Crippen molar-refractivity contribution < 1.29 is 109 Å². The highest BCUT2D eigenvalue weighted by atomic mass is 16.6. The molecule has 0 spiro atoms. The number of nitrogens with one attached hydrogen (secondary N) is 1. The Kier molecular flexibility index (Phi) is 70.8. The van der Waals surface area contributed by atoms with Crippen molar-refractivity contribution >= 4 is 0 Å². The Morgan fingerprint density at radius 3 is 0.400 bits per heavy atom. The largest absolute Gasteiger partial charge is 0.378 e. The van der Waals surface area contributed by atoms with E-state index in [0.29, 0.717) is 317 Å². The number of ether oxygens (including phenoxy) is 23. The normalized spacial score (nSPS) is 11.6. The molecule has 0 fully saturated rings. The molecule has 75 heavy (non-hydrogen) atoms. The summed E-state index contributed by atoms with van der Waals surface area (Å²) in [6.07, 6.45) is 0. The molecule has 3 N–H and O–H groups in total. The van der Waals surface area contributed by atoms with E-state index in [1.54, 1.807) is 0 Å². The van der Waals surface area contributed by atoms with Crippen molar-refractivity contribution in [3.8, 4) is 0 Å². The minimum atomic E-state index is 0.383. The van der Waals surface area contributed by atoms with Gasteiger partial charge in [-0.1, -0.05) is 0 Å². The van der Waals surface area contributed by atoms with Crippen molar-refractivity contribution in [2.24, 2.45) is 10.8 Å². The highest BCUT2D eigenvalue weighted by Gasteiger charge is 2.00. The highest BCUT2D eigenvalue weighted by Crippen LogP contribution is 1.91. The lowest BCUT2D eigenvalue weighted by Gasteiger charge is -2.09. The van der Waals surface area contributed by atoms with Crippen LogP contribution in [0.25, 0.3) is 0 Å². The Hall–Kier alpha value is -1.65. The molecule has 0 unspecified atom stereocenters. The van der Waals surface area contributed by atoms with Gasteiger partial charge in [-0.2, -0.15) is 0 Å². The molecule has 27 nitrogen and oxygen atoms in total. The molecule has 0 radical (unpaired) electrons. The van der Waals surface area contributed by atoms with Gasteiger partial charge in [0.2, 0.25) is 4.91 Å². The fourth-order valence-electron chi connectivity index (χ4n) is 5.18. The van der Waals surface area contributed by atoms with Crippen molar-refractivity contribution in [3.63, 3.8) is 0 Å². The summed E-state index contributed by atoms with van der Waals surface area (Å²) in [6, 6.07) is 0. The molecule has 0 aromatic carbocycles. The minimum absolute atomic E-state index is 0.383. The van der Waals surface area contributed by atoms with Crippen molar-refractivity contribution in [1.82, 2.24) is 4.91 Å². The first kappa shape index (κ1) is 73.3. The van der Waals surface area contributed by atoms with Gasteiger partial charge in [-0.3, -0.25) is 0 Å². The van der Waals surface area contributed by atoms with Crippen LogP contribution in [0.3, 0.4) is 0 Å². The number of rotatable bonds is 71. The molecule has 0 aliphatic carbocycles. The van der Waals surface area contributed by atoms with E-state index in [1.807, 2.05) is 0 Å². The van der Waals surface area contributed by atoms with Gasteiger partial charge in [0.1, 0.15) is 17.2 Å². The summed E-state index contributed by atoms with van der Waals surface area (Å²) in [7, 11) is 0. The van der Waals surface area contributed by atoms with E-state index in [9.17, 15) is 0 Å². The van der Waals surface area contributed by atoms with Crippen LogP contribution in [0, 0.1) is 5.53 Å². The highest BCUT2D eigenvalue weighted by molar-refractivity contribution is 4.43. The average molecular weight is 1100 g/mol. The van der Waals surface area contributed by atoms with Gasteiger partial charge >= 0.3 is 0 Å². The molecule has 0 rings (SSSR count). The molecule has 0 aromatic heterocycles. The molecule has 0 amide bonds. The van der Waals surface area contributed by atoms with Crippen LogP contribution in [0.1, 0.15) is 0 Å². The second-order valence-electron chi connectivity index (χ2n) is 14.8. The molecule has 0 aromatic rings. The van der Waals surface area contributed by atoms with Gasteiger partial charge < -0.3 is 115 Å². The number of hydrogen-bond acceptors (Lipinski definition) is 26. The first-order valence-corrected chi connectivity index (χ1v) is 26.4. The fraction of sp³-hybridized carbons (Fsp3) is 1.00. The SMILES string of the molecule is N=[N+]=NCCOCCOCCOCCOCCOCCOCCOCCOCCOCCOCCOCCOCCOCCOCCOCCOCCOCCOCCOCCOCCOCCOCCOCCN. The molecule has 27 heteroatoms. The Morgan fingerprint density at radius 2 is 0.293 bits per heavy atom. The Bertz CT molecular complexity index is 1070. The Labute approximate surface area is 446 Å². The summed E-state index contributed by atoms with van der Waals surface area (Å²) >= 11 is 0. The number of hydrogen-bond donors (Lipinski definition) is 2. The van der Waals surface area contributed by atoms with Crippen LogP contribution >= 0.6 is 0 Å². The zero-order valence-electron chi connectivity index (χ0n) is 45.3. The third-order valence-electron chi connectivity index (χ3n) is 8.85. The predicted molar refractivity (Wildman–Crippen MR) is 270 cm³/mol. The summed E-state index contributed by atoms with van der Waals surface area (Å²) < 4.78 is 126. The molecule has 0 aliphatic heterocycles. The lowest BCUT2D eigenvalue weighted by molar-refractivity contribution is -0.0318. The number of nitrogens with two attached hydrogens (primary N) is 1. The first-order chi connectivity index (χ1) is 37.4. The van der Waals surface area contributed by atoms with E-state index >= 15 is 0 Å². The first-order valence-electron chi connectivity index (χ1n) is 26.4. The monoisotopic (exact) mass is 1100 g/mol. The van der Waals surface area contributed by atoms with Crippen molar-refractivity contribution in [1.29, 1.82) is 5.53 Å². The van der Waals surface area contributed by atoms with Crippen LogP contribution in [0.2, 0.25) is 0 Å². The maximum absolute atomic E-state index is 6.53. The van der Waals surface area contributed by atoms with Gasteiger partial charge in [0.15, 0.2) is 0 Å². The summed E-state index contributed by atoms with van der Waals surface area (Å²) in [4.78, 5) is 2.90. The summed E-state index contributed by atoms with van der Waals surface area (Å²) in [5.74, 6) is 0. The van der Waals surface area contributed by atoms with Crippen molar-refractivity contribution in [2.45, 2.75) is 0 Å². The van der Waals surface area contributed by atoms with Gasteiger partial charge in [-0.25, -0.2) is 0 Å². The molecule has 0 aliphatic rings. The second-order valence-corrected chi connectivity index (χ2v) is 14.8. The molecular formula is C48H99N4O23+. The minimum Gasteiger partial charge on any atom is -0.378 e. The zero-order valence-corrected chi connectivity index (χ0v) is 45.3. The van der Waals surface area contributed by atoms with Gasteiger partial charge in [-0.05, 0) is 0 Å². The summed E-state index contributed by atoms with van der Waals surface area (Å²) in [6.45, 7) is 23.6. The molecule has 0 heterocycles. The molecule has 0 atom stereocenters. The van der Waals surface area contributed by atoms with E-state index in [4.69, 9.17) is 120 Å². The van der Waals surface area contributed by atoms with Crippen molar-refractivity contribution in [3.05, 3.63) is 0 Å². The number of nitrogens with zero attached hydrogens (tertiary/aromatic N) is 2. The van der Waals surface area contributed by atoms with E-state index < -0.39 is 0 Å². The van der Waals surface area contributed by atoms with Crippen LogP contribution in [-0.4, -0.2) is 317 Å². The average Bonchev–Trinajstić information content (AvgIpc) is 3.42. The van der Waals surface area contributed by atoms with Gasteiger partial charge in [0.25, 0.3) is 0 Å². The van der Waals surface area contributed by atoms with Crippen LogP contribution in [0.4, 0.5) is 0 Å². The van der Waals surface area contributed by atoms with E-state index in [2.05, 4.69) is 10.0 Å². The standard InChI is InChI=1S/C48H99N4O23/c49-1-3-53-5-7-55-9-11-57-13-15-59-17-19-61-21-23-63-25-27-65-29-31-67-33-35-69-37-39-71-41-43-73-45-47-75-48-46-74-44-42-72-40-38-70-36-34-68-32-30-66-28-26-64-24-22-62-20-18-60-16-14-58-12-10-56-8-6-54-4-2-51-52-50/h50H,1-49H2/q+1. The third kappa shape index (κ3) is 72.3. The van der Waals surface area contributed by atoms with Crippen LogP contribution in [0.5, 0.6) is 0 Å². The lowest BCUT2D eigenvalue weighted by atomic mass is 10.6.